The fourth-order valence-corrected chi connectivity index (χ4v) is 4.16. The van der Waals surface area contributed by atoms with Gasteiger partial charge in [0.05, 0.1) is 0 Å². The fraction of sp³-hybridized carbons (Fsp3) is 0.621. The van der Waals surface area contributed by atoms with Gasteiger partial charge in [-0.1, -0.05) is 64.2 Å². The molecule has 13 heteroatoms. The predicted molar refractivity (Wildman–Crippen MR) is 178 cm³/mol. The summed E-state index contributed by atoms with van der Waals surface area (Å²) >= 11 is 5.74. The van der Waals surface area contributed by atoms with Crippen molar-refractivity contribution in [3.05, 3.63) is 30.2 Å². The number of likely N-dealkylation sites (N-methyl/N-ethyl adjacent to an activating group) is 1. The molecule has 1 heterocycles. The number of thioether (sulfide) groups is 1. The van der Waals surface area contributed by atoms with Crippen molar-refractivity contribution in [3.63, 3.8) is 0 Å². The molecule has 1 aliphatic rings. The molecule has 0 atom stereocenters. The Balaban J connectivity index is 0.000000606. The number of rotatable bonds is 9. The molecule has 1 fully saturated rings. The Morgan fingerprint density at radius 2 is 1.69 bits per heavy atom. The lowest BCUT2D eigenvalue weighted by Crippen LogP contribution is -2.29. The quantitative estimate of drug-likeness (QED) is 0.161. The molecule has 11 nitrogen and oxygen atoms in total. The third kappa shape index (κ3) is 18.5. The molecule has 0 spiro atoms. The number of amides is 3. The van der Waals surface area contributed by atoms with Gasteiger partial charge in [0.25, 0.3) is 11.8 Å². The minimum atomic E-state index is -0.552. The average Bonchev–Trinajstić information content (AvgIpc) is 3.26. The minimum Gasteiger partial charge on any atom is -0.385 e. The molecule has 42 heavy (non-hydrogen) atoms. The van der Waals surface area contributed by atoms with E-state index >= 15 is 0 Å². The minimum absolute atomic E-state index is 0.208. The van der Waals surface area contributed by atoms with Gasteiger partial charge in [0.15, 0.2) is 10.0 Å². The molecule has 1 aromatic rings. The Hall–Kier alpha value is -2.90. The highest BCUT2D eigenvalue weighted by Gasteiger charge is 2.20. The summed E-state index contributed by atoms with van der Waals surface area (Å²) in [6, 6.07) is 0. The van der Waals surface area contributed by atoms with E-state index in [1.54, 1.807) is 29.7 Å². The lowest BCUT2D eigenvalue weighted by atomic mass is 9.99. The summed E-state index contributed by atoms with van der Waals surface area (Å²) < 4.78 is 0. The smallest absolute Gasteiger partial charge is 0.285 e. The Morgan fingerprint density at radius 1 is 1.10 bits per heavy atom. The topological polar surface area (TPSA) is 160 Å². The number of hydrogen-bond acceptors (Lipinski definition) is 9. The number of carbonyl (C=O) groups excluding carboxylic acids is 3. The monoisotopic (exact) mass is 622 g/mol. The Morgan fingerprint density at radius 3 is 2.14 bits per heavy atom. The van der Waals surface area contributed by atoms with E-state index in [1.807, 2.05) is 27.1 Å². The average molecular weight is 623 g/mol. The van der Waals surface area contributed by atoms with Gasteiger partial charge >= 0.3 is 0 Å². The van der Waals surface area contributed by atoms with Crippen LogP contribution in [-0.2, 0) is 20.8 Å². The van der Waals surface area contributed by atoms with E-state index in [0.717, 1.165) is 37.9 Å². The molecule has 3 amide bonds. The van der Waals surface area contributed by atoms with Crippen molar-refractivity contribution >= 4 is 57.7 Å². The zero-order valence-electron chi connectivity index (χ0n) is 26.1. The first-order valence-corrected chi connectivity index (χ1v) is 16.0. The van der Waals surface area contributed by atoms with Gasteiger partial charge in [0, 0.05) is 45.2 Å². The van der Waals surface area contributed by atoms with Crippen molar-refractivity contribution in [1.29, 1.82) is 0 Å². The van der Waals surface area contributed by atoms with Crippen LogP contribution in [-0.4, -0.2) is 88.0 Å². The van der Waals surface area contributed by atoms with Crippen molar-refractivity contribution in [3.8, 4) is 0 Å². The molecule has 0 bridgehead atoms. The molecule has 1 aliphatic carbocycles. The van der Waals surface area contributed by atoms with Gasteiger partial charge in [-0.3, -0.25) is 19.7 Å². The number of anilines is 1. The molecule has 0 unspecified atom stereocenters. The number of aryl methyl sites for hydroxylation is 1. The number of hydrogen-bond donors (Lipinski definition) is 3. The van der Waals surface area contributed by atoms with Crippen molar-refractivity contribution in [2.75, 3.05) is 45.8 Å². The van der Waals surface area contributed by atoms with Crippen LogP contribution in [0.5, 0.6) is 0 Å². The summed E-state index contributed by atoms with van der Waals surface area (Å²) in [7, 11) is 5.77. The number of thiocarbonyl (C=S) groups is 1. The number of unbranched alkanes of at least 4 members (excludes halogenated alkanes) is 1. The Bertz CT molecular complexity index is 1010. The van der Waals surface area contributed by atoms with Gasteiger partial charge in [-0.2, -0.15) is 0 Å². The molecule has 5 N–H and O–H groups in total. The second kappa shape index (κ2) is 23.6. The summed E-state index contributed by atoms with van der Waals surface area (Å²) in [6.45, 7) is 6.08. The zero-order valence-corrected chi connectivity index (χ0v) is 27.7. The van der Waals surface area contributed by atoms with Crippen LogP contribution < -0.4 is 16.8 Å². The first-order chi connectivity index (χ1) is 20.0. The van der Waals surface area contributed by atoms with Gasteiger partial charge in [0.1, 0.15) is 0 Å². The van der Waals surface area contributed by atoms with Crippen molar-refractivity contribution in [1.82, 2.24) is 19.8 Å². The first kappa shape index (κ1) is 39.1. The molecule has 0 aromatic carbocycles. The van der Waals surface area contributed by atoms with Crippen LogP contribution in [0.2, 0.25) is 0 Å². The molecule has 1 saturated carbocycles. The Labute approximate surface area is 261 Å². The highest BCUT2D eigenvalue weighted by atomic mass is 32.2. The summed E-state index contributed by atoms with van der Waals surface area (Å²) in [6.07, 6.45) is 19.2. The number of nitrogens with one attached hydrogen (secondary N) is 1. The first-order valence-electron chi connectivity index (χ1n) is 14.3. The summed E-state index contributed by atoms with van der Waals surface area (Å²) in [5, 5.41) is 2.71. The van der Waals surface area contributed by atoms with Crippen LogP contribution in [0, 0.1) is 5.92 Å². The molecule has 1 aromatic heterocycles. The van der Waals surface area contributed by atoms with Gasteiger partial charge in [0.2, 0.25) is 11.9 Å². The normalized spacial score (nSPS) is 13.7. The predicted octanol–water partition coefficient (Wildman–Crippen LogP) is 3.79. The van der Waals surface area contributed by atoms with Crippen LogP contribution in [0.3, 0.4) is 0 Å². The van der Waals surface area contributed by atoms with Gasteiger partial charge in [-0.25, -0.2) is 15.0 Å². The van der Waals surface area contributed by atoms with Crippen LogP contribution in [0.15, 0.2) is 29.7 Å². The van der Waals surface area contributed by atoms with E-state index < -0.39 is 11.8 Å². The highest BCUT2D eigenvalue weighted by molar-refractivity contribution is 8.15. The Kier molecular flexibility index (Phi) is 22.0. The molecular formula is C29H50N8O3S2. The van der Waals surface area contributed by atoms with Crippen LogP contribution in [0.1, 0.15) is 70.8 Å². The van der Waals surface area contributed by atoms with Crippen molar-refractivity contribution in [2.24, 2.45) is 22.4 Å². The number of carbonyl (C=O) groups is 3. The molecule has 236 valence electrons. The molecule has 0 saturated heterocycles. The molecule has 2 rings (SSSR count). The van der Waals surface area contributed by atoms with E-state index in [4.69, 9.17) is 11.5 Å². The van der Waals surface area contributed by atoms with Crippen LogP contribution in [0.25, 0.3) is 0 Å². The lowest BCUT2D eigenvalue weighted by Gasteiger charge is -2.18. The third-order valence-electron chi connectivity index (χ3n) is 6.22. The number of nitrogens with zero attached hydrogens (tertiary/aromatic N) is 5. The number of aromatic nitrogens is 2. The molecule has 0 radical (unpaired) electrons. The maximum atomic E-state index is 11.6. The number of aliphatic imine (C=N–C) groups is 1. The third-order valence-corrected chi connectivity index (χ3v) is 7.10. The maximum absolute atomic E-state index is 11.6. The van der Waals surface area contributed by atoms with Crippen LogP contribution in [0.4, 0.5) is 5.95 Å². The zero-order chi connectivity index (χ0) is 31.9. The van der Waals surface area contributed by atoms with E-state index in [9.17, 15) is 14.4 Å². The van der Waals surface area contributed by atoms with E-state index in [2.05, 4.69) is 51.4 Å². The summed E-state index contributed by atoms with van der Waals surface area (Å²) in [5.74, 6) is -0.167. The van der Waals surface area contributed by atoms with Crippen molar-refractivity contribution in [2.45, 2.75) is 71.6 Å². The van der Waals surface area contributed by atoms with Crippen LogP contribution >= 0.6 is 24.0 Å². The number of primary amides is 1. The maximum Gasteiger partial charge on any atom is 0.285 e. The fourth-order valence-electron chi connectivity index (χ4n) is 3.74. The van der Waals surface area contributed by atoms with E-state index in [0.29, 0.717) is 16.9 Å². The second-order valence-corrected chi connectivity index (χ2v) is 11.2. The SMILES string of the molecule is CCCCN(C)C/C=C/N=C(SC)C(N)=O.CCc1cnc(NC(=O)C(N)=S)nc1.CN(C)C(=O)C1CCCCCC1. The standard InChI is InChI=1S/C11H21N3OS.C10H19NO.C8H10N4OS/c1-4-5-8-14(2)9-6-7-13-11(16-3)10(12)15;1-11(2)10(12)9-7-5-3-4-6-8-9;1-2-5-3-10-8(11-4-5)12-7(13)6(9)14/h6-7H,4-5,8-9H2,1-3H3,(H2,12,15);9H,3-8H2,1-2H3;3-4H,2H2,1H3,(H2,9,14)(H,10,11,12,13)/b7-6+,13-11?;;. The lowest BCUT2D eigenvalue weighted by molar-refractivity contribution is -0.133. The van der Waals surface area contributed by atoms with E-state index in [1.165, 1.54) is 50.3 Å². The summed E-state index contributed by atoms with van der Waals surface area (Å²) in [4.78, 5) is 48.9. The van der Waals surface area contributed by atoms with E-state index in [-0.39, 0.29) is 10.9 Å². The second-order valence-electron chi connectivity index (χ2n) is 10.0. The van der Waals surface area contributed by atoms with Gasteiger partial charge < -0.3 is 21.3 Å². The molecule has 0 aliphatic heterocycles. The number of nitrogens with two attached hydrogens (primary N) is 2. The van der Waals surface area contributed by atoms with Gasteiger partial charge in [-0.05, 0) is 51.1 Å². The molecular weight excluding hydrogens is 573 g/mol. The largest absolute Gasteiger partial charge is 0.385 e. The van der Waals surface area contributed by atoms with Gasteiger partial charge in [-0.15, -0.1) is 11.8 Å². The highest BCUT2D eigenvalue weighted by Crippen LogP contribution is 2.23. The van der Waals surface area contributed by atoms with Crippen molar-refractivity contribution < 1.29 is 14.4 Å². The summed E-state index contributed by atoms with van der Waals surface area (Å²) in [5.41, 5.74) is 11.2.